The molecule has 1 aliphatic heterocycles. The Morgan fingerprint density at radius 2 is 1.81 bits per heavy atom. The summed E-state index contributed by atoms with van der Waals surface area (Å²) in [5, 5.41) is 0.733. The van der Waals surface area contributed by atoms with Crippen LogP contribution >= 0.6 is 11.8 Å². The quantitative estimate of drug-likeness (QED) is 0.706. The van der Waals surface area contributed by atoms with Crippen molar-refractivity contribution in [2.75, 3.05) is 23.9 Å². The number of hydrogen-bond acceptors (Lipinski definition) is 4. The van der Waals surface area contributed by atoms with Gasteiger partial charge in [-0.1, -0.05) is 24.3 Å². The molecule has 1 fully saturated rings. The van der Waals surface area contributed by atoms with E-state index < -0.39 is 0 Å². The van der Waals surface area contributed by atoms with Crippen LogP contribution in [-0.2, 0) is 4.79 Å². The van der Waals surface area contributed by atoms with Gasteiger partial charge in [-0.25, -0.2) is 0 Å². The van der Waals surface area contributed by atoms with Gasteiger partial charge in [0.2, 0.25) is 0 Å². The number of anilines is 2. The molecule has 0 saturated carbocycles. The molecule has 1 amide bonds. The molecule has 0 atom stereocenters. The van der Waals surface area contributed by atoms with Crippen molar-refractivity contribution < 1.29 is 4.79 Å². The number of aryl methyl sites for hydroxylation is 1. The number of carbonyl (C=O) groups is 1. The molecule has 0 bridgehead atoms. The van der Waals surface area contributed by atoms with E-state index in [1.807, 2.05) is 77.3 Å². The largest absolute Gasteiger partial charge is 0.378 e. The SMILES string of the molecule is Cc1cccc(N2C(=O)/C(=C/c3ccc(N(C)C)cc3)S/C2=N\C(C)C)c1. The lowest BCUT2D eigenvalue weighted by Gasteiger charge is -2.16. The highest BCUT2D eigenvalue weighted by atomic mass is 32.2. The minimum absolute atomic E-state index is 0.0262. The van der Waals surface area contributed by atoms with Crippen LogP contribution in [0.15, 0.2) is 58.4 Å². The second kappa shape index (κ2) is 8.01. The average Bonchev–Trinajstić information content (AvgIpc) is 2.90. The molecule has 2 aromatic rings. The number of rotatable bonds is 4. The Kier molecular flexibility index (Phi) is 5.71. The third-order valence-corrected chi connectivity index (χ3v) is 5.13. The van der Waals surface area contributed by atoms with Crippen molar-refractivity contribution in [1.82, 2.24) is 0 Å². The van der Waals surface area contributed by atoms with Crippen molar-refractivity contribution >= 4 is 40.3 Å². The van der Waals surface area contributed by atoms with Gasteiger partial charge in [0, 0.05) is 25.8 Å². The summed E-state index contributed by atoms with van der Waals surface area (Å²) in [6, 6.07) is 16.3. The molecule has 140 valence electrons. The van der Waals surface area contributed by atoms with E-state index in [0.29, 0.717) is 4.91 Å². The van der Waals surface area contributed by atoms with Crippen LogP contribution < -0.4 is 9.80 Å². The molecule has 4 nitrogen and oxygen atoms in total. The molecule has 1 saturated heterocycles. The average molecular weight is 380 g/mol. The number of thioether (sulfide) groups is 1. The van der Waals surface area contributed by atoms with E-state index in [0.717, 1.165) is 27.7 Å². The highest BCUT2D eigenvalue weighted by Gasteiger charge is 2.34. The first-order valence-electron chi connectivity index (χ1n) is 9.01. The van der Waals surface area contributed by atoms with E-state index in [-0.39, 0.29) is 11.9 Å². The van der Waals surface area contributed by atoms with Crippen molar-refractivity contribution in [3.05, 3.63) is 64.6 Å². The van der Waals surface area contributed by atoms with E-state index in [9.17, 15) is 4.79 Å². The highest BCUT2D eigenvalue weighted by molar-refractivity contribution is 8.19. The zero-order valence-electron chi connectivity index (χ0n) is 16.4. The molecule has 0 N–H and O–H groups in total. The summed E-state index contributed by atoms with van der Waals surface area (Å²) >= 11 is 1.44. The molecular weight excluding hydrogens is 354 g/mol. The Bertz CT molecular complexity index is 898. The summed E-state index contributed by atoms with van der Waals surface area (Å²) in [6.07, 6.45) is 1.94. The number of amides is 1. The van der Waals surface area contributed by atoms with Gasteiger partial charge in [-0.3, -0.25) is 14.7 Å². The van der Waals surface area contributed by atoms with Gasteiger partial charge >= 0.3 is 0 Å². The van der Waals surface area contributed by atoms with E-state index >= 15 is 0 Å². The summed E-state index contributed by atoms with van der Waals surface area (Å²) in [5.74, 6) is -0.0262. The topological polar surface area (TPSA) is 35.9 Å². The van der Waals surface area contributed by atoms with E-state index in [4.69, 9.17) is 0 Å². The molecule has 0 spiro atoms. The van der Waals surface area contributed by atoms with Gasteiger partial charge in [-0.15, -0.1) is 0 Å². The third-order valence-electron chi connectivity index (χ3n) is 4.14. The fraction of sp³-hybridized carbons (Fsp3) is 0.273. The summed E-state index contributed by atoms with van der Waals surface area (Å²) in [4.78, 5) is 22.3. The molecule has 0 aromatic heterocycles. The summed E-state index contributed by atoms with van der Waals surface area (Å²) in [6.45, 7) is 6.07. The van der Waals surface area contributed by atoms with Crippen LogP contribution in [0.25, 0.3) is 6.08 Å². The first-order chi connectivity index (χ1) is 12.8. The zero-order valence-corrected chi connectivity index (χ0v) is 17.2. The number of benzene rings is 2. The minimum atomic E-state index is -0.0262. The molecule has 0 radical (unpaired) electrons. The molecule has 0 unspecified atom stereocenters. The van der Waals surface area contributed by atoms with Gasteiger partial charge in [0.1, 0.15) is 0 Å². The lowest BCUT2D eigenvalue weighted by atomic mass is 10.1. The monoisotopic (exact) mass is 379 g/mol. The number of carbonyl (C=O) groups excluding carboxylic acids is 1. The number of hydrogen-bond donors (Lipinski definition) is 0. The van der Waals surface area contributed by atoms with Crippen LogP contribution in [0.1, 0.15) is 25.0 Å². The predicted molar refractivity (Wildman–Crippen MR) is 118 cm³/mol. The normalized spacial score (nSPS) is 17.4. The lowest BCUT2D eigenvalue weighted by molar-refractivity contribution is -0.113. The first-order valence-corrected chi connectivity index (χ1v) is 9.82. The molecule has 3 rings (SSSR count). The minimum Gasteiger partial charge on any atom is -0.378 e. The Balaban J connectivity index is 1.97. The number of amidine groups is 1. The Morgan fingerprint density at radius 3 is 2.41 bits per heavy atom. The van der Waals surface area contributed by atoms with Gasteiger partial charge in [0.15, 0.2) is 5.17 Å². The molecule has 5 heteroatoms. The van der Waals surface area contributed by atoms with Crippen LogP contribution in [0.4, 0.5) is 11.4 Å². The van der Waals surface area contributed by atoms with Crippen LogP contribution in [0.5, 0.6) is 0 Å². The van der Waals surface area contributed by atoms with Crippen LogP contribution in [0.3, 0.4) is 0 Å². The Hall–Kier alpha value is -2.53. The Morgan fingerprint density at radius 1 is 1.11 bits per heavy atom. The number of aliphatic imine (C=N–C) groups is 1. The summed E-state index contributed by atoms with van der Waals surface area (Å²) < 4.78 is 0. The smallest absolute Gasteiger partial charge is 0.271 e. The van der Waals surface area contributed by atoms with Crippen LogP contribution in [0, 0.1) is 6.92 Å². The van der Waals surface area contributed by atoms with E-state index in [1.54, 1.807) is 4.90 Å². The van der Waals surface area contributed by atoms with Crippen LogP contribution in [0.2, 0.25) is 0 Å². The third kappa shape index (κ3) is 4.42. The maximum atomic E-state index is 13.1. The predicted octanol–water partition coefficient (Wildman–Crippen LogP) is 4.95. The van der Waals surface area contributed by atoms with Crippen molar-refractivity contribution in [2.45, 2.75) is 26.8 Å². The Labute approximate surface area is 165 Å². The van der Waals surface area contributed by atoms with Gasteiger partial charge in [0.25, 0.3) is 5.91 Å². The molecule has 1 heterocycles. The van der Waals surface area contributed by atoms with E-state index in [1.165, 1.54) is 11.8 Å². The van der Waals surface area contributed by atoms with Gasteiger partial charge in [-0.05, 0) is 74.0 Å². The second-order valence-corrected chi connectivity index (χ2v) is 8.09. The van der Waals surface area contributed by atoms with Crippen LogP contribution in [-0.4, -0.2) is 31.2 Å². The maximum absolute atomic E-state index is 13.1. The van der Waals surface area contributed by atoms with Gasteiger partial charge < -0.3 is 4.90 Å². The molecule has 0 aliphatic carbocycles. The lowest BCUT2D eigenvalue weighted by Crippen LogP contribution is -2.29. The number of nitrogens with zero attached hydrogens (tertiary/aromatic N) is 3. The van der Waals surface area contributed by atoms with Gasteiger partial charge in [0.05, 0.1) is 10.6 Å². The first kappa shape index (κ1) is 19.2. The maximum Gasteiger partial charge on any atom is 0.271 e. The van der Waals surface area contributed by atoms with E-state index in [2.05, 4.69) is 22.0 Å². The van der Waals surface area contributed by atoms with Gasteiger partial charge in [-0.2, -0.15) is 0 Å². The second-order valence-electron chi connectivity index (χ2n) is 7.08. The van der Waals surface area contributed by atoms with Crippen molar-refractivity contribution in [2.24, 2.45) is 4.99 Å². The molecule has 1 aliphatic rings. The van der Waals surface area contributed by atoms with Crippen molar-refractivity contribution in [3.8, 4) is 0 Å². The van der Waals surface area contributed by atoms with Crippen molar-refractivity contribution in [3.63, 3.8) is 0 Å². The van der Waals surface area contributed by atoms with Crippen molar-refractivity contribution in [1.29, 1.82) is 0 Å². The highest BCUT2D eigenvalue weighted by Crippen LogP contribution is 2.36. The standard InChI is InChI=1S/C22H25N3OS/c1-15(2)23-22-25(19-8-6-7-16(3)13-19)21(26)20(27-22)14-17-9-11-18(12-10-17)24(4)5/h6-15H,1-5H3/b20-14-,23-22-. The summed E-state index contributed by atoms with van der Waals surface area (Å²) in [5.41, 5.74) is 4.11. The fourth-order valence-corrected chi connectivity index (χ4v) is 3.91. The zero-order chi connectivity index (χ0) is 19.6. The molecule has 27 heavy (non-hydrogen) atoms. The summed E-state index contributed by atoms with van der Waals surface area (Å²) in [7, 11) is 4.02. The molecule has 2 aromatic carbocycles. The fourth-order valence-electron chi connectivity index (χ4n) is 2.80. The molecular formula is C22H25N3OS.